The Bertz CT molecular complexity index is 708. The van der Waals surface area contributed by atoms with E-state index in [0.717, 1.165) is 44.0 Å². The summed E-state index contributed by atoms with van der Waals surface area (Å²) < 4.78 is 24.2. The molecule has 0 unspecified atom stereocenters. The van der Waals surface area contributed by atoms with Gasteiger partial charge in [-0.25, -0.2) is 4.39 Å². The van der Waals surface area contributed by atoms with Crippen molar-refractivity contribution in [1.82, 2.24) is 5.32 Å². The fourth-order valence-electron chi connectivity index (χ4n) is 3.05. The summed E-state index contributed by atoms with van der Waals surface area (Å²) in [6, 6.07) is 15.0. The summed E-state index contributed by atoms with van der Waals surface area (Å²) in [4.78, 5) is 0. The van der Waals surface area contributed by atoms with Crippen LogP contribution in [0.1, 0.15) is 6.42 Å². The second kappa shape index (κ2) is 7.01. The largest absolute Gasteiger partial charge is 0.376 e. The van der Waals surface area contributed by atoms with E-state index >= 15 is 0 Å². The van der Waals surface area contributed by atoms with E-state index in [4.69, 9.17) is 4.74 Å². The smallest absolute Gasteiger partial charge is 0.147 e. The van der Waals surface area contributed by atoms with Gasteiger partial charge in [0.2, 0.25) is 0 Å². The minimum atomic E-state index is -0.207. The quantitative estimate of drug-likeness (QED) is 0.853. The van der Waals surface area contributed by atoms with E-state index < -0.39 is 0 Å². The van der Waals surface area contributed by atoms with Gasteiger partial charge in [-0.1, -0.05) is 24.3 Å². The molecule has 0 aliphatic carbocycles. The molecule has 0 saturated carbocycles. The normalized spacial score (nSPS) is 20.3. The molecule has 0 radical (unpaired) electrons. The number of anilines is 3. The lowest BCUT2D eigenvalue weighted by Crippen LogP contribution is -2.39. The van der Waals surface area contributed by atoms with Crippen LogP contribution in [0.4, 0.5) is 21.5 Å². The van der Waals surface area contributed by atoms with E-state index in [1.165, 1.54) is 6.07 Å². The first-order valence-corrected chi connectivity index (χ1v) is 8.97. The Morgan fingerprint density at radius 3 is 2.58 bits per heavy atom. The fourth-order valence-corrected chi connectivity index (χ4v) is 4.16. The molecule has 2 aromatic carbocycles. The number of ether oxygens (including phenoxy) is 1. The first kappa shape index (κ1) is 15.7. The molecule has 1 atom stereocenters. The number of rotatable bonds is 4. The van der Waals surface area contributed by atoms with Gasteiger partial charge < -0.3 is 10.1 Å². The average Bonchev–Trinajstić information content (AvgIpc) is 3.00. The Morgan fingerprint density at radius 2 is 1.83 bits per heavy atom. The molecule has 4 rings (SSSR count). The highest BCUT2D eigenvalue weighted by Gasteiger charge is 2.30. The molecule has 1 fully saturated rings. The van der Waals surface area contributed by atoms with Crippen molar-refractivity contribution >= 4 is 29.2 Å². The molecule has 4 nitrogen and oxygen atoms in total. The zero-order valence-corrected chi connectivity index (χ0v) is 14.1. The van der Waals surface area contributed by atoms with Crippen molar-refractivity contribution in [2.75, 3.05) is 34.9 Å². The van der Waals surface area contributed by atoms with Gasteiger partial charge in [-0.15, -0.1) is 0 Å². The molecule has 24 heavy (non-hydrogen) atoms. The summed E-state index contributed by atoms with van der Waals surface area (Å²) in [6.45, 7) is 3.46. The highest BCUT2D eigenvalue weighted by atomic mass is 32.2. The first-order valence-electron chi connectivity index (χ1n) is 8.24. The fraction of sp³-hybridized carbons (Fsp3) is 0.333. The number of para-hydroxylation sites is 3. The molecule has 2 aromatic rings. The van der Waals surface area contributed by atoms with Gasteiger partial charge in [-0.2, -0.15) is 0 Å². The molecule has 1 saturated heterocycles. The van der Waals surface area contributed by atoms with Crippen LogP contribution in [0, 0.1) is 5.82 Å². The van der Waals surface area contributed by atoms with Crippen LogP contribution in [-0.4, -0.2) is 32.3 Å². The standard InChI is InChI=1S/C18H20FN3OS/c19-15-5-1-2-6-16(15)22-18-8-4-3-7-17(18)21(24-22)11-9-14-13-20-10-12-23-14/h1-8,14,20H,9-13H2/t14-/m1/s1. The van der Waals surface area contributed by atoms with E-state index in [1.54, 1.807) is 18.2 Å². The molecule has 0 spiro atoms. The van der Waals surface area contributed by atoms with Crippen molar-refractivity contribution in [2.45, 2.75) is 12.5 Å². The van der Waals surface area contributed by atoms with Crippen molar-refractivity contribution in [3.05, 3.63) is 54.3 Å². The number of nitrogens with zero attached hydrogens (tertiary/aromatic N) is 2. The van der Waals surface area contributed by atoms with Crippen molar-refractivity contribution in [1.29, 1.82) is 0 Å². The number of fused-ring (bicyclic) bond motifs is 1. The highest BCUT2D eigenvalue weighted by molar-refractivity contribution is 8.02. The van der Waals surface area contributed by atoms with Gasteiger partial charge in [-0.05, 0) is 30.7 Å². The first-order chi connectivity index (χ1) is 11.8. The maximum absolute atomic E-state index is 14.2. The van der Waals surface area contributed by atoms with E-state index in [1.807, 2.05) is 34.6 Å². The molecule has 2 aliphatic heterocycles. The lowest BCUT2D eigenvalue weighted by Gasteiger charge is -2.26. The van der Waals surface area contributed by atoms with Gasteiger partial charge in [0.05, 0.1) is 41.9 Å². The Balaban J connectivity index is 1.54. The predicted octanol–water partition coefficient (Wildman–Crippen LogP) is 3.73. The molecule has 1 N–H and O–H groups in total. The monoisotopic (exact) mass is 345 g/mol. The summed E-state index contributed by atoms with van der Waals surface area (Å²) >= 11 is 1.55. The van der Waals surface area contributed by atoms with Crippen LogP contribution in [0.15, 0.2) is 48.5 Å². The molecule has 126 valence electrons. The van der Waals surface area contributed by atoms with Crippen LogP contribution in [0.5, 0.6) is 0 Å². The van der Waals surface area contributed by atoms with Crippen LogP contribution < -0.4 is 13.9 Å². The van der Waals surface area contributed by atoms with Gasteiger partial charge in [-0.3, -0.25) is 8.61 Å². The maximum atomic E-state index is 14.2. The SMILES string of the molecule is Fc1ccccc1N1SN(CC[C@@H]2CNCCO2)c2ccccc21. The molecular weight excluding hydrogens is 325 g/mol. The van der Waals surface area contributed by atoms with E-state index in [2.05, 4.69) is 15.7 Å². The lowest BCUT2D eigenvalue weighted by atomic mass is 10.2. The highest BCUT2D eigenvalue weighted by Crippen LogP contribution is 2.49. The topological polar surface area (TPSA) is 27.7 Å². The number of halogens is 1. The Hall–Kier alpha value is -1.76. The van der Waals surface area contributed by atoms with Gasteiger partial charge in [0.15, 0.2) is 0 Å². The number of morpholine rings is 1. The summed E-state index contributed by atoms with van der Waals surface area (Å²) in [5.41, 5.74) is 2.73. The number of hydrogen-bond acceptors (Lipinski definition) is 5. The molecule has 2 aliphatic rings. The second-order valence-electron chi connectivity index (χ2n) is 5.90. The van der Waals surface area contributed by atoms with Crippen LogP contribution in [0.3, 0.4) is 0 Å². The zero-order chi connectivity index (χ0) is 16.4. The van der Waals surface area contributed by atoms with Crippen LogP contribution in [0.25, 0.3) is 0 Å². The van der Waals surface area contributed by atoms with Crippen LogP contribution >= 0.6 is 12.1 Å². The third-order valence-electron chi connectivity index (χ3n) is 4.28. The second-order valence-corrected chi connectivity index (χ2v) is 6.87. The van der Waals surface area contributed by atoms with Gasteiger partial charge >= 0.3 is 0 Å². The molecular formula is C18H20FN3OS. The third kappa shape index (κ3) is 3.09. The minimum Gasteiger partial charge on any atom is -0.376 e. The average molecular weight is 345 g/mol. The van der Waals surface area contributed by atoms with Crippen LogP contribution in [-0.2, 0) is 4.74 Å². The third-order valence-corrected chi connectivity index (χ3v) is 5.41. The van der Waals surface area contributed by atoms with E-state index in [-0.39, 0.29) is 11.9 Å². The zero-order valence-electron chi connectivity index (χ0n) is 13.3. The Labute approximate surface area is 145 Å². The Kier molecular flexibility index (Phi) is 4.60. The van der Waals surface area contributed by atoms with Crippen LogP contribution in [0.2, 0.25) is 0 Å². The summed E-state index contributed by atoms with van der Waals surface area (Å²) in [6.07, 6.45) is 1.19. The lowest BCUT2D eigenvalue weighted by molar-refractivity contribution is 0.0254. The van der Waals surface area contributed by atoms with Gasteiger partial charge in [0, 0.05) is 19.6 Å². The number of nitrogens with one attached hydrogen (secondary N) is 1. The molecule has 2 heterocycles. The summed E-state index contributed by atoms with van der Waals surface area (Å²) in [7, 11) is 0. The molecule has 0 amide bonds. The summed E-state index contributed by atoms with van der Waals surface area (Å²) in [5.74, 6) is -0.207. The van der Waals surface area contributed by atoms with Crippen molar-refractivity contribution in [3.63, 3.8) is 0 Å². The molecule has 0 bridgehead atoms. The van der Waals surface area contributed by atoms with E-state index in [9.17, 15) is 4.39 Å². The van der Waals surface area contributed by atoms with Crippen molar-refractivity contribution < 1.29 is 9.13 Å². The predicted molar refractivity (Wildman–Crippen MR) is 97.1 cm³/mol. The van der Waals surface area contributed by atoms with Gasteiger partial charge in [0.1, 0.15) is 5.82 Å². The Morgan fingerprint density at radius 1 is 1.08 bits per heavy atom. The summed E-state index contributed by atoms with van der Waals surface area (Å²) in [5, 5.41) is 3.36. The van der Waals surface area contributed by atoms with Crippen molar-refractivity contribution in [3.8, 4) is 0 Å². The molecule has 6 heteroatoms. The number of benzene rings is 2. The minimum absolute atomic E-state index is 0.207. The van der Waals surface area contributed by atoms with E-state index in [0.29, 0.717) is 5.69 Å². The molecule has 0 aromatic heterocycles. The maximum Gasteiger partial charge on any atom is 0.147 e. The van der Waals surface area contributed by atoms with Gasteiger partial charge in [0.25, 0.3) is 0 Å². The number of hydrogen-bond donors (Lipinski definition) is 1. The van der Waals surface area contributed by atoms with Crippen molar-refractivity contribution in [2.24, 2.45) is 0 Å².